The van der Waals surface area contributed by atoms with E-state index in [4.69, 9.17) is 23.8 Å². The van der Waals surface area contributed by atoms with Gasteiger partial charge in [-0.3, -0.25) is 5.10 Å². The Morgan fingerprint density at radius 2 is 2.14 bits per heavy atom. The molecule has 0 bridgehead atoms. The zero-order valence-corrected chi connectivity index (χ0v) is 13.0. The summed E-state index contributed by atoms with van der Waals surface area (Å²) in [7, 11) is 0. The maximum absolute atomic E-state index is 6.21. The van der Waals surface area contributed by atoms with Crippen LogP contribution in [0.5, 0.6) is 0 Å². The van der Waals surface area contributed by atoms with Crippen molar-refractivity contribution in [1.82, 2.24) is 19.9 Å². The summed E-state index contributed by atoms with van der Waals surface area (Å²) in [6.45, 7) is 3.83. The van der Waals surface area contributed by atoms with Crippen molar-refractivity contribution in [3.8, 4) is 0 Å². The molecular weight excluding hydrogens is 306 g/mol. The van der Waals surface area contributed by atoms with Gasteiger partial charge in [0.15, 0.2) is 0 Å². The summed E-state index contributed by atoms with van der Waals surface area (Å²) in [4.78, 5) is 4.40. The molecule has 1 N–H and O–H groups in total. The first-order chi connectivity index (χ1) is 10.0. The van der Waals surface area contributed by atoms with E-state index in [1.54, 1.807) is 6.21 Å². The number of nitrogens with zero attached hydrogens (tertiary/aromatic N) is 4. The summed E-state index contributed by atoms with van der Waals surface area (Å²) in [6, 6.07) is 8.00. The zero-order chi connectivity index (χ0) is 15.0. The number of aryl methyl sites for hydroxylation is 2. The van der Waals surface area contributed by atoms with E-state index in [0.29, 0.717) is 15.7 Å². The standard InChI is InChI=1S/C14H12ClN5S/c1-8-3-4-10-6-11(13(15)17-12(10)5-8)7-16-20-9(2)18-19-14(20)21/h3-7H,1-2H3,(H,19,21)/b16-7+. The summed E-state index contributed by atoms with van der Waals surface area (Å²) >= 11 is 11.3. The van der Waals surface area contributed by atoms with Gasteiger partial charge in [-0.2, -0.15) is 14.9 Å². The molecule has 0 radical (unpaired) electrons. The minimum absolute atomic E-state index is 0.407. The largest absolute Gasteiger partial charge is 0.250 e. The van der Waals surface area contributed by atoms with Gasteiger partial charge in [0.1, 0.15) is 11.0 Å². The third-order valence-corrected chi connectivity index (χ3v) is 3.65. The van der Waals surface area contributed by atoms with Crippen LogP contribution in [-0.4, -0.2) is 26.1 Å². The molecule has 0 atom stereocenters. The summed E-state index contributed by atoms with van der Waals surface area (Å²) in [5.74, 6) is 0.678. The van der Waals surface area contributed by atoms with Crippen LogP contribution in [0.3, 0.4) is 0 Å². The molecule has 0 aliphatic heterocycles. The molecule has 0 unspecified atom stereocenters. The molecule has 3 aromatic rings. The van der Waals surface area contributed by atoms with Gasteiger partial charge in [-0.1, -0.05) is 23.7 Å². The van der Waals surface area contributed by atoms with Gasteiger partial charge in [0, 0.05) is 10.9 Å². The SMILES string of the molecule is Cc1ccc2cc(/C=N/n3c(C)n[nH]c3=S)c(Cl)nc2c1. The predicted octanol–water partition coefficient (Wildman–Crippen LogP) is 3.64. The van der Waals surface area contributed by atoms with Crippen molar-refractivity contribution in [3.05, 3.63) is 51.1 Å². The number of fused-ring (bicyclic) bond motifs is 1. The van der Waals surface area contributed by atoms with Crippen LogP contribution in [0.4, 0.5) is 0 Å². The van der Waals surface area contributed by atoms with Gasteiger partial charge in [-0.15, -0.1) is 0 Å². The first kappa shape index (κ1) is 13.9. The first-order valence-corrected chi connectivity index (χ1v) is 7.08. The fourth-order valence-electron chi connectivity index (χ4n) is 1.99. The van der Waals surface area contributed by atoms with Crippen molar-refractivity contribution < 1.29 is 0 Å². The number of pyridine rings is 1. The summed E-state index contributed by atoms with van der Waals surface area (Å²) in [5, 5.41) is 12.4. The number of H-pyrrole nitrogens is 1. The van der Waals surface area contributed by atoms with E-state index >= 15 is 0 Å². The van der Waals surface area contributed by atoms with E-state index in [-0.39, 0.29) is 0 Å². The molecule has 1 aromatic carbocycles. The van der Waals surface area contributed by atoms with Crippen molar-refractivity contribution in [2.24, 2.45) is 5.10 Å². The Balaban J connectivity index is 2.07. The number of hydrogen-bond donors (Lipinski definition) is 1. The molecule has 2 aromatic heterocycles. The molecule has 0 aliphatic carbocycles. The maximum atomic E-state index is 6.21. The molecule has 0 spiro atoms. The van der Waals surface area contributed by atoms with Crippen molar-refractivity contribution in [2.45, 2.75) is 13.8 Å². The molecule has 7 heteroatoms. The number of hydrogen-bond acceptors (Lipinski definition) is 4. The Morgan fingerprint density at radius 3 is 2.86 bits per heavy atom. The topological polar surface area (TPSA) is 58.9 Å². The van der Waals surface area contributed by atoms with Gasteiger partial charge in [-0.25, -0.2) is 4.98 Å². The highest BCUT2D eigenvalue weighted by atomic mass is 35.5. The Labute approximate surface area is 131 Å². The molecule has 0 saturated carbocycles. The lowest BCUT2D eigenvalue weighted by molar-refractivity contribution is 0.821. The van der Waals surface area contributed by atoms with E-state index in [0.717, 1.165) is 22.0 Å². The fraction of sp³-hybridized carbons (Fsp3) is 0.143. The first-order valence-electron chi connectivity index (χ1n) is 6.30. The van der Waals surface area contributed by atoms with Crippen LogP contribution in [0.1, 0.15) is 17.0 Å². The zero-order valence-electron chi connectivity index (χ0n) is 11.5. The van der Waals surface area contributed by atoms with E-state index in [1.165, 1.54) is 4.68 Å². The second kappa shape index (κ2) is 5.38. The smallest absolute Gasteiger partial charge is 0.216 e. The van der Waals surface area contributed by atoms with Crippen LogP contribution in [0, 0.1) is 18.6 Å². The summed E-state index contributed by atoms with van der Waals surface area (Å²) in [6.07, 6.45) is 1.63. The van der Waals surface area contributed by atoms with Crippen molar-refractivity contribution >= 4 is 40.9 Å². The Bertz CT molecular complexity index is 909. The molecule has 2 heterocycles. The summed E-state index contributed by atoms with van der Waals surface area (Å²) < 4.78 is 1.97. The fourth-order valence-corrected chi connectivity index (χ4v) is 2.41. The van der Waals surface area contributed by atoms with Gasteiger partial charge < -0.3 is 0 Å². The Hall–Kier alpha value is -2.05. The van der Waals surface area contributed by atoms with Crippen LogP contribution in [0.15, 0.2) is 29.4 Å². The third-order valence-electron chi connectivity index (χ3n) is 3.08. The Morgan fingerprint density at radius 1 is 1.33 bits per heavy atom. The molecule has 106 valence electrons. The van der Waals surface area contributed by atoms with E-state index < -0.39 is 0 Å². The highest BCUT2D eigenvalue weighted by Crippen LogP contribution is 2.20. The molecule has 0 aliphatic rings. The van der Waals surface area contributed by atoms with Gasteiger partial charge in [0.05, 0.1) is 11.7 Å². The predicted molar refractivity (Wildman–Crippen MR) is 86.6 cm³/mol. The quantitative estimate of drug-likeness (QED) is 0.446. The number of nitrogens with one attached hydrogen (secondary N) is 1. The number of aromatic amines is 1. The van der Waals surface area contributed by atoms with Crippen molar-refractivity contribution in [1.29, 1.82) is 0 Å². The lowest BCUT2D eigenvalue weighted by Crippen LogP contribution is -1.95. The Kier molecular flexibility index (Phi) is 3.57. The lowest BCUT2D eigenvalue weighted by atomic mass is 10.1. The van der Waals surface area contributed by atoms with E-state index in [9.17, 15) is 0 Å². The molecule has 0 saturated heterocycles. The van der Waals surface area contributed by atoms with Crippen LogP contribution in [0.25, 0.3) is 10.9 Å². The normalized spacial score (nSPS) is 11.6. The highest BCUT2D eigenvalue weighted by molar-refractivity contribution is 7.71. The van der Waals surface area contributed by atoms with Gasteiger partial charge in [-0.05, 0) is 43.8 Å². The number of benzene rings is 1. The molecule has 21 heavy (non-hydrogen) atoms. The van der Waals surface area contributed by atoms with Crippen molar-refractivity contribution in [3.63, 3.8) is 0 Å². The maximum Gasteiger partial charge on any atom is 0.216 e. The minimum Gasteiger partial charge on any atom is -0.250 e. The molecule has 5 nitrogen and oxygen atoms in total. The van der Waals surface area contributed by atoms with E-state index in [2.05, 4.69) is 20.3 Å². The van der Waals surface area contributed by atoms with Gasteiger partial charge in [0.25, 0.3) is 0 Å². The monoisotopic (exact) mass is 317 g/mol. The van der Waals surface area contributed by atoms with Crippen LogP contribution < -0.4 is 0 Å². The second-order valence-electron chi connectivity index (χ2n) is 4.70. The highest BCUT2D eigenvalue weighted by Gasteiger charge is 2.04. The molecule has 3 rings (SSSR count). The number of aromatic nitrogens is 4. The average Bonchev–Trinajstić information content (AvgIpc) is 2.76. The lowest BCUT2D eigenvalue weighted by Gasteiger charge is -2.03. The number of halogens is 1. The van der Waals surface area contributed by atoms with Gasteiger partial charge in [0.2, 0.25) is 4.77 Å². The molecular formula is C14H12ClN5S. The van der Waals surface area contributed by atoms with Crippen LogP contribution >= 0.6 is 23.8 Å². The average molecular weight is 318 g/mol. The minimum atomic E-state index is 0.407. The third kappa shape index (κ3) is 2.72. The van der Waals surface area contributed by atoms with Crippen LogP contribution in [-0.2, 0) is 0 Å². The van der Waals surface area contributed by atoms with Gasteiger partial charge >= 0.3 is 0 Å². The van der Waals surface area contributed by atoms with Crippen molar-refractivity contribution in [2.75, 3.05) is 0 Å². The van der Waals surface area contributed by atoms with Crippen LogP contribution in [0.2, 0.25) is 5.15 Å². The number of rotatable bonds is 2. The molecule has 0 amide bonds. The van der Waals surface area contributed by atoms with E-state index in [1.807, 2.05) is 38.1 Å². The summed E-state index contributed by atoms with van der Waals surface area (Å²) in [5.41, 5.74) is 2.75. The second-order valence-corrected chi connectivity index (χ2v) is 5.44. The molecule has 0 fully saturated rings.